The summed E-state index contributed by atoms with van der Waals surface area (Å²) in [6.45, 7) is 3.73. The molecule has 2 rings (SSSR count). The van der Waals surface area contributed by atoms with Gasteiger partial charge < -0.3 is 15.5 Å². The first-order valence-corrected chi connectivity index (χ1v) is 7.58. The Morgan fingerprint density at radius 2 is 2.29 bits per heavy atom. The molecule has 2 N–H and O–H groups in total. The van der Waals surface area contributed by atoms with Crippen LogP contribution in [0.15, 0.2) is 22.7 Å². The number of carbonyl (C=O) groups excluding carboxylic acids is 2. The number of nitrogens with zero attached hydrogens (tertiary/aromatic N) is 1. The molecule has 0 bridgehead atoms. The molecule has 1 aliphatic rings. The lowest BCUT2D eigenvalue weighted by atomic mass is 10.1. The van der Waals surface area contributed by atoms with Gasteiger partial charge in [0.1, 0.15) is 11.9 Å². The summed E-state index contributed by atoms with van der Waals surface area (Å²) < 4.78 is 13.9. The Hall–Kier alpha value is -1.47. The van der Waals surface area contributed by atoms with Gasteiger partial charge in [0, 0.05) is 30.7 Å². The number of hydrogen-bond donors (Lipinski definition) is 2. The van der Waals surface area contributed by atoms with Gasteiger partial charge in [0.15, 0.2) is 0 Å². The molecule has 114 valence electrons. The second-order valence-corrected chi connectivity index (χ2v) is 5.59. The summed E-state index contributed by atoms with van der Waals surface area (Å²) in [6, 6.07) is 3.37. The van der Waals surface area contributed by atoms with Gasteiger partial charge in [-0.2, -0.15) is 0 Å². The van der Waals surface area contributed by atoms with Crippen molar-refractivity contribution in [2.75, 3.05) is 26.2 Å². The second kappa shape index (κ2) is 7.00. The zero-order valence-electron chi connectivity index (χ0n) is 11.7. The standard InChI is InChI=1S/C14H17BrFN3O2/c1-2-18-13(20)12-8-17-5-6-19(12)14(21)10-7-9(16)3-4-11(10)15/h3-4,7,12,17H,2,5-6,8H2,1H3,(H,18,20). The predicted octanol–water partition coefficient (Wildman–Crippen LogP) is 1.14. The van der Waals surface area contributed by atoms with Crippen molar-refractivity contribution in [3.05, 3.63) is 34.1 Å². The van der Waals surface area contributed by atoms with E-state index in [4.69, 9.17) is 0 Å². The van der Waals surface area contributed by atoms with Crippen molar-refractivity contribution in [3.8, 4) is 0 Å². The van der Waals surface area contributed by atoms with Crippen LogP contribution < -0.4 is 10.6 Å². The number of likely N-dealkylation sites (N-methyl/N-ethyl adjacent to an activating group) is 1. The van der Waals surface area contributed by atoms with Crippen LogP contribution in [0.4, 0.5) is 4.39 Å². The SMILES string of the molecule is CCNC(=O)C1CNCCN1C(=O)c1cc(F)ccc1Br. The first-order valence-electron chi connectivity index (χ1n) is 6.79. The van der Waals surface area contributed by atoms with Crippen molar-refractivity contribution >= 4 is 27.7 Å². The minimum absolute atomic E-state index is 0.203. The summed E-state index contributed by atoms with van der Waals surface area (Å²) in [6.07, 6.45) is 0. The van der Waals surface area contributed by atoms with Crippen molar-refractivity contribution in [2.45, 2.75) is 13.0 Å². The molecule has 7 heteroatoms. The fraction of sp³-hybridized carbons (Fsp3) is 0.429. The third-order valence-corrected chi connectivity index (χ3v) is 4.01. The molecule has 1 aliphatic heterocycles. The van der Waals surface area contributed by atoms with Crippen molar-refractivity contribution in [2.24, 2.45) is 0 Å². The molecular formula is C14H17BrFN3O2. The first-order chi connectivity index (χ1) is 10.0. The molecule has 1 fully saturated rings. The Morgan fingerprint density at radius 3 is 3.00 bits per heavy atom. The smallest absolute Gasteiger partial charge is 0.255 e. The normalized spacial score (nSPS) is 18.4. The fourth-order valence-electron chi connectivity index (χ4n) is 2.29. The van der Waals surface area contributed by atoms with E-state index in [1.165, 1.54) is 23.1 Å². The van der Waals surface area contributed by atoms with Crippen molar-refractivity contribution in [1.82, 2.24) is 15.5 Å². The predicted molar refractivity (Wildman–Crippen MR) is 80.5 cm³/mol. The Balaban J connectivity index is 2.26. The van der Waals surface area contributed by atoms with Crippen molar-refractivity contribution in [3.63, 3.8) is 0 Å². The van der Waals surface area contributed by atoms with Gasteiger partial charge in [0.2, 0.25) is 5.91 Å². The van der Waals surface area contributed by atoms with E-state index in [1.54, 1.807) is 0 Å². The van der Waals surface area contributed by atoms with E-state index in [-0.39, 0.29) is 17.4 Å². The van der Waals surface area contributed by atoms with Crippen LogP contribution in [0, 0.1) is 5.82 Å². The molecule has 0 spiro atoms. The molecule has 1 saturated heterocycles. The van der Waals surface area contributed by atoms with Gasteiger partial charge in [-0.25, -0.2) is 4.39 Å². The number of carbonyl (C=O) groups is 2. The van der Waals surface area contributed by atoms with Gasteiger partial charge in [-0.15, -0.1) is 0 Å². The highest BCUT2D eigenvalue weighted by Crippen LogP contribution is 2.21. The lowest BCUT2D eigenvalue weighted by Crippen LogP contribution is -2.59. The Labute approximate surface area is 131 Å². The average molecular weight is 358 g/mol. The zero-order chi connectivity index (χ0) is 15.4. The van der Waals surface area contributed by atoms with Gasteiger partial charge in [-0.3, -0.25) is 9.59 Å². The van der Waals surface area contributed by atoms with Crippen LogP contribution in [-0.4, -0.2) is 48.9 Å². The molecular weight excluding hydrogens is 341 g/mol. The summed E-state index contributed by atoms with van der Waals surface area (Å²) in [5, 5.41) is 5.81. The van der Waals surface area contributed by atoms with Crippen LogP contribution in [-0.2, 0) is 4.79 Å². The van der Waals surface area contributed by atoms with Gasteiger partial charge >= 0.3 is 0 Å². The summed E-state index contributed by atoms with van der Waals surface area (Å²) in [5.74, 6) is -1.03. The minimum Gasteiger partial charge on any atom is -0.355 e. The number of amides is 2. The van der Waals surface area contributed by atoms with Crippen LogP contribution in [0.1, 0.15) is 17.3 Å². The lowest BCUT2D eigenvalue weighted by molar-refractivity contribution is -0.126. The second-order valence-electron chi connectivity index (χ2n) is 4.74. The minimum atomic E-state index is -0.582. The molecule has 0 aromatic heterocycles. The maximum absolute atomic E-state index is 13.4. The van der Waals surface area contributed by atoms with E-state index in [9.17, 15) is 14.0 Å². The summed E-state index contributed by atoms with van der Waals surface area (Å²) in [7, 11) is 0. The average Bonchev–Trinajstić information content (AvgIpc) is 2.49. The Bertz CT molecular complexity index is 553. The maximum atomic E-state index is 13.4. The molecule has 0 aliphatic carbocycles. The van der Waals surface area contributed by atoms with E-state index < -0.39 is 11.9 Å². The summed E-state index contributed by atoms with van der Waals surface area (Å²) >= 11 is 3.26. The van der Waals surface area contributed by atoms with E-state index in [1.807, 2.05) is 6.92 Å². The van der Waals surface area contributed by atoms with Crippen molar-refractivity contribution < 1.29 is 14.0 Å². The highest BCUT2D eigenvalue weighted by atomic mass is 79.9. The van der Waals surface area contributed by atoms with Crippen LogP contribution in [0.3, 0.4) is 0 Å². The topological polar surface area (TPSA) is 61.4 Å². The first kappa shape index (κ1) is 15.9. The van der Waals surface area contributed by atoms with Gasteiger partial charge in [-0.1, -0.05) is 0 Å². The van der Waals surface area contributed by atoms with E-state index >= 15 is 0 Å². The van der Waals surface area contributed by atoms with Crippen LogP contribution in [0.25, 0.3) is 0 Å². The van der Waals surface area contributed by atoms with Crippen molar-refractivity contribution in [1.29, 1.82) is 0 Å². The monoisotopic (exact) mass is 357 g/mol. The van der Waals surface area contributed by atoms with Gasteiger partial charge in [-0.05, 0) is 41.1 Å². The maximum Gasteiger partial charge on any atom is 0.255 e. The highest BCUT2D eigenvalue weighted by Gasteiger charge is 2.33. The number of benzene rings is 1. The third kappa shape index (κ3) is 3.59. The summed E-state index contributed by atoms with van der Waals surface area (Å²) in [5.41, 5.74) is 0.228. The molecule has 0 radical (unpaired) electrons. The van der Waals surface area contributed by atoms with E-state index in [0.29, 0.717) is 30.7 Å². The quantitative estimate of drug-likeness (QED) is 0.852. The zero-order valence-corrected chi connectivity index (χ0v) is 13.2. The molecule has 1 aromatic rings. The Kier molecular flexibility index (Phi) is 5.30. The van der Waals surface area contributed by atoms with Gasteiger partial charge in [0.25, 0.3) is 5.91 Å². The molecule has 1 aromatic carbocycles. The lowest BCUT2D eigenvalue weighted by Gasteiger charge is -2.35. The number of nitrogens with one attached hydrogen (secondary N) is 2. The highest BCUT2D eigenvalue weighted by molar-refractivity contribution is 9.10. The molecule has 1 unspecified atom stereocenters. The van der Waals surface area contributed by atoms with E-state index in [0.717, 1.165) is 0 Å². The summed E-state index contributed by atoms with van der Waals surface area (Å²) in [4.78, 5) is 26.2. The number of piperazine rings is 1. The number of halogens is 2. The third-order valence-electron chi connectivity index (χ3n) is 3.32. The number of rotatable bonds is 3. The Morgan fingerprint density at radius 1 is 1.52 bits per heavy atom. The fourth-order valence-corrected chi connectivity index (χ4v) is 2.71. The molecule has 1 atom stereocenters. The van der Waals surface area contributed by atoms with E-state index in [2.05, 4.69) is 26.6 Å². The van der Waals surface area contributed by atoms with Crippen LogP contribution in [0.2, 0.25) is 0 Å². The van der Waals surface area contributed by atoms with Crippen LogP contribution in [0.5, 0.6) is 0 Å². The molecule has 21 heavy (non-hydrogen) atoms. The van der Waals surface area contributed by atoms with Crippen LogP contribution >= 0.6 is 15.9 Å². The molecule has 5 nitrogen and oxygen atoms in total. The largest absolute Gasteiger partial charge is 0.355 e. The van der Waals surface area contributed by atoms with Gasteiger partial charge in [0.05, 0.1) is 5.56 Å². The molecule has 1 heterocycles. The number of hydrogen-bond acceptors (Lipinski definition) is 3. The molecule has 0 saturated carbocycles. The molecule has 2 amide bonds.